The third kappa shape index (κ3) is 22.3. The molecule has 104 valence electrons. The van der Waals surface area contributed by atoms with Gasteiger partial charge in [0.2, 0.25) is 0 Å². The minimum atomic E-state index is 0. The van der Waals surface area contributed by atoms with Crippen molar-refractivity contribution in [1.82, 2.24) is 0 Å². The van der Waals surface area contributed by atoms with Gasteiger partial charge in [-0.15, -0.1) is 15.7 Å². The van der Waals surface area contributed by atoms with Crippen molar-refractivity contribution in [3.05, 3.63) is 24.3 Å². The Morgan fingerprint density at radius 3 is 1.83 bits per heavy atom. The van der Waals surface area contributed by atoms with Crippen LogP contribution in [0.3, 0.4) is 0 Å². The molecule has 1 unspecified atom stereocenters. The van der Waals surface area contributed by atoms with E-state index in [4.69, 9.17) is 0 Å². The molecule has 0 aliphatic heterocycles. The minimum Gasteiger partial charge on any atom is -1.00 e. The van der Waals surface area contributed by atoms with E-state index in [1.54, 1.807) is 0 Å². The average Bonchev–Trinajstić information content (AvgIpc) is 2.75. The molecule has 1 saturated carbocycles. The summed E-state index contributed by atoms with van der Waals surface area (Å²) in [5, 5.41) is 0. The van der Waals surface area contributed by atoms with Gasteiger partial charge in [-0.3, -0.25) is 6.08 Å². The fraction of sp³-hybridized carbons (Fsp3) is 0.643. The number of rotatable bonds is 0. The molecular weight excluding hydrogens is 318 g/mol. The maximum atomic E-state index is 2.99. The predicted molar refractivity (Wildman–Crippen MR) is 74.5 cm³/mol. The molecular formula is C14H24Cl2PTi-. The Hall–Kier alpha value is 1.07. The average molecular weight is 342 g/mol. The SMILES string of the molecule is C[C](C)=[Ti+2].PC1CCCCC1.[C-]1=CC=CC1.[Cl-].[Cl-]. The Bertz CT molecular complexity index is 220. The van der Waals surface area contributed by atoms with Crippen molar-refractivity contribution in [1.29, 1.82) is 0 Å². The van der Waals surface area contributed by atoms with Crippen LogP contribution < -0.4 is 24.8 Å². The molecule has 0 spiro atoms. The molecule has 0 aromatic rings. The summed E-state index contributed by atoms with van der Waals surface area (Å²) in [5.74, 6) is 0. The van der Waals surface area contributed by atoms with E-state index in [0.29, 0.717) is 0 Å². The van der Waals surface area contributed by atoms with Gasteiger partial charge in [0.25, 0.3) is 0 Å². The summed E-state index contributed by atoms with van der Waals surface area (Å²) < 4.78 is 1.42. The van der Waals surface area contributed by atoms with Crippen molar-refractivity contribution in [2.45, 2.75) is 58.0 Å². The van der Waals surface area contributed by atoms with Crippen molar-refractivity contribution in [2.75, 3.05) is 0 Å². The fourth-order valence-electron chi connectivity index (χ4n) is 1.47. The normalized spacial score (nSPS) is 16.3. The Morgan fingerprint density at radius 1 is 1.17 bits per heavy atom. The van der Waals surface area contributed by atoms with Gasteiger partial charge in [-0.25, -0.2) is 12.2 Å². The molecule has 0 heterocycles. The zero-order valence-corrected chi connectivity index (χ0v) is 15.6. The molecule has 0 bridgehead atoms. The van der Waals surface area contributed by atoms with Crippen molar-refractivity contribution < 1.29 is 44.8 Å². The first-order valence-corrected chi connectivity index (χ1v) is 7.56. The minimum absolute atomic E-state index is 0. The molecule has 0 N–H and O–H groups in total. The quantitative estimate of drug-likeness (QED) is 0.278. The zero-order chi connectivity index (χ0) is 12.2. The third-order valence-corrected chi connectivity index (χ3v) is 2.90. The summed E-state index contributed by atoms with van der Waals surface area (Å²) in [6.07, 6.45) is 17.3. The number of hydrogen-bond donors (Lipinski definition) is 0. The maximum Gasteiger partial charge on any atom is -0.0264 e. The summed E-state index contributed by atoms with van der Waals surface area (Å²) in [4.78, 5) is 0. The van der Waals surface area contributed by atoms with E-state index in [9.17, 15) is 0 Å². The summed E-state index contributed by atoms with van der Waals surface area (Å²) >= 11 is 2.08. The van der Waals surface area contributed by atoms with E-state index < -0.39 is 0 Å². The van der Waals surface area contributed by atoms with Crippen LogP contribution in [0.5, 0.6) is 0 Å². The Balaban J connectivity index is -0.000000185. The van der Waals surface area contributed by atoms with E-state index in [2.05, 4.69) is 55.2 Å². The topological polar surface area (TPSA) is 0 Å². The maximum absolute atomic E-state index is 2.99. The molecule has 1 fully saturated rings. The van der Waals surface area contributed by atoms with Gasteiger partial charge in [-0.2, -0.15) is 6.08 Å². The zero-order valence-electron chi connectivity index (χ0n) is 11.4. The van der Waals surface area contributed by atoms with Crippen LogP contribution in [0.15, 0.2) is 18.2 Å². The number of halogens is 2. The van der Waals surface area contributed by atoms with Crippen LogP contribution in [-0.2, 0) is 20.0 Å². The van der Waals surface area contributed by atoms with Crippen LogP contribution in [-0.4, -0.2) is 9.47 Å². The van der Waals surface area contributed by atoms with Crippen LogP contribution in [0.4, 0.5) is 0 Å². The van der Waals surface area contributed by atoms with Crippen LogP contribution in [0.1, 0.15) is 52.4 Å². The molecule has 0 radical (unpaired) electrons. The largest absolute Gasteiger partial charge is 1.00 e. The van der Waals surface area contributed by atoms with E-state index in [1.807, 2.05) is 12.2 Å². The molecule has 4 heteroatoms. The Morgan fingerprint density at radius 2 is 1.67 bits per heavy atom. The van der Waals surface area contributed by atoms with Gasteiger partial charge in [-0.1, -0.05) is 19.3 Å². The first-order valence-electron chi connectivity index (χ1n) is 6.12. The monoisotopic (exact) mass is 341 g/mol. The van der Waals surface area contributed by atoms with Gasteiger partial charge >= 0.3 is 37.6 Å². The van der Waals surface area contributed by atoms with E-state index in [1.165, 1.54) is 35.9 Å². The van der Waals surface area contributed by atoms with E-state index in [-0.39, 0.29) is 24.8 Å². The van der Waals surface area contributed by atoms with Crippen LogP contribution in [0, 0.1) is 6.08 Å². The van der Waals surface area contributed by atoms with Crippen LogP contribution in [0.25, 0.3) is 0 Å². The second kappa shape index (κ2) is 18.1. The molecule has 18 heavy (non-hydrogen) atoms. The first kappa shape index (κ1) is 24.1. The number of allylic oxidation sites excluding steroid dienone is 4. The number of hydrogen-bond acceptors (Lipinski definition) is 0. The molecule has 2 aliphatic rings. The molecule has 0 aromatic carbocycles. The van der Waals surface area contributed by atoms with E-state index in [0.717, 1.165) is 12.1 Å². The molecule has 2 aliphatic carbocycles. The van der Waals surface area contributed by atoms with Crippen molar-refractivity contribution in [3.8, 4) is 0 Å². The van der Waals surface area contributed by atoms with Gasteiger partial charge in [-0.05, 0) is 18.5 Å². The molecule has 1 atom stereocenters. The van der Waals surface area contributed by atoms with Crippen molar-refractivity contribution in [2.24, 2.45) is 0 Å². The van der Waals surface area contributed by atoms with Crippen LogP contribution in [0.2, 0.25) is 0 Å². The van der Waals surface area contributed by atoms with Gasteiger partial charge in [0.05, 0.1) is 0 Å². The first-order chi connectivity index (χ1) is 7.63. The molecule has 2 rings (SSSR count). The van der Waals surface area contributed by atoms with Gasteiger partial charge in [0, 0.05) is 0 Å². The van der Waals surface area contributed by atoms with Crippen molar-refractivity contribution >= 4 is 13.1 Å². The van der Waals surface area contributed by atoms with Crippen molar-refractivity contribution in [3.63, 3.8) is 0 Å². The second-order valence-corrected chi connectivity index (χ2v) is 6.91. The summed E-state index contributed by atoms with van der Waals surface area (Å²) in [6.45, 7) is 4.17. The van der Waals surface area contributed by atoms with Gasteiger partial charge in [0.1, 0.15) is 0 Å². The predicted octanol–water partition coefficient (Wildman–Crippen LogP) is -1.75. The van der Waals surface area contributed by atoms with E-state index >= 15 is 0 Å². The summed E-state index contributed by atoms with van der Waals surface area (Å²) in [5.41, 5.74) is 0.953. The second-order valence-electron chi connectivity index (χ2n) is 4.40. The smallest absolute Gasteiger partial charge is 0.0264 e. The Labute approximate surface area is 139 Å². The summed E-state index contributed by atoms with van der Waals surface area (Å²) in [7, 11) is 2.91. The molecule has 0 nitrogen and oxygen atoms in total. The molecule has 0 aromatic heterocycles. The summed E-state index contributed by atoms with van der Waals surface area (Å²) in [6, 6.07) is 0. The fourth-order valence-corrected chi connectivity index (χ4v) is 1.95. The standard InChI is InChI=1S/C6H13P.C5H5.C3H6.2ClH.Ti/c7-6-4-2-1-3-5-6;1-2-4-5-3-1;1-3-2;;;/h6H,1-5,7H2;1-3H,4H2;1-2H3;2*1H;/q;-1;;;;+2/p-2. The Kier molecular flexibility index (Phi) is 24.2. The third-order valence-electron chi connectivity index (χ3n) is 2.24. The van der Waals surface area contributed by atoms with Gasteiger partial charge in [0.15, 0.2) is 0 Å². The molecule has 0 saturated heterocycles. The van der Waals surface area contributed by atoms with Gasteiger partial charge < -0.3 is 24.8 Å². The van der Waals surface area contributed by atoms with Crippen LogP contribution >= 0.6 is 9.24 Å². The molecule has 0 amide bonds.